The molecule has 0 atom stereocenters. The highest BCUT2D eigenvalue weighted by molar-refractivity contribution is 4.78. The molecule has 1 N–H and O–H groups in total. The van der Waals surface area contributed by atoms with Crippen LogP contribution >= 0.6 is 0 Å². The summed E-state index contributed by atoms with van der Waals surface area (Å²) < 4.78 is 0. The molecule has 3 nitrogen and oxygen atoms in total. The SMILES string of the molecule is CN(C)CC1CCN(CC(C)(C)CO)CC1. The van der Waals surface area contributed by atoms with E-state index in [0.29, 0.717) is 0 Å². The lowest BCUT2D eigenvalue weighted by atomic mass is 9.91. The largest absolute Gasteiger partial charge is 0.396 e. The van der Waals surface area contributed by atoms with E-state index in [-0.39, 0.29) is 12.0 Å². The summed E-state index contributed by atoms with van der Waals surface area (Å²) >= 11 is 0. The minimum atomic E-state index is 0.0500. The summed E-state index contributed by atoms with van der Waals surface area (Å²) in [6.07, 6.45) is 2.61. The highest BCUT2D eigenvalue weighted by atomic mass is 16.3. The normalized spacial score (nSPS) is 20.6. The minimum Gasteiger partial charge on any atom is -0.396 e. The quantitative estimate of drug-likeness (QED) is 0.768. The highest BCUT2D eigenvalue weighted by Crippen LogP contribution is 2.22. The van der Waals surface area contributed by atoms with Crippen molar-refractivity contribution < 1.29 is 5.11 Å². The molecular formula is C13H28N2O. The van der Waals surface area contributed by atoms with Gasteiger partial charge in [0, 0.05) is 25.1 Å². The summed E-state index contributed by atoms with van der Waals surface area (Å²) in [5, 5.41) is 9.26. The van der Waals surface area contributed by atoms with Gasteiger partial charge in [0.25, 0.3) is 0 Å². The Morgan fingerprint density at radius 3 is 2.25 bits per heavy atom. The second-order valence-electron chi connectivity index (χ2n) is 6.30. The molecule has 0 saturated carbocycles. The molecule has 0 spiro atoms. The van der Waals surface area contributed by atoms with Crippen LogP contribution in [0.4, 0.5) is 0 Å². The molecule has 0 aromatic heterocycles. The van der Waals surface area contributed by atoms with Crippen molar-refractivity contribution >= 4 is 0 Å². The van der Waals surface area contributed by atoms with Gasteiger partial charge in [0.1, 0.15) is 0 Å². The van der Waals surface area contributed by atoms with Crippen LogP contribution in [0.15, 0.2) is 0 Å². The molecule has 1 aliphatic heterocycles. The third kappa shape index (κ3) is 4.81. The smallest absolute Gasteiger partial charge is 0.0494 e. The van der Waals surface area contributed by atoms with Crippen LogP contribution in [0.2, 0.25) is 0 Å². The summed E-state index contributed by atoms with van der Waals surface area (Å²) in [6.45, 7) is 9.20. The summed E-state index contributed by atoms with van der Waals surface area (Å²) in [6, 6.07) is 0. The Morgan fingerprint density at radius 1 is 1.25 bits per heavy atom. The van der Waals surface area contributed by atoms with Crippen molar-refractivity contribution in [3.05, 3.63) is 0 Å². The lowest BCUT2D eigenvalue weighted by Gasteiger charge is -2.37. The maximum Gasteiger partial charge on any atom is 0.0494 e. The molecule has 1 saturated heterocycles. The zero-order valence-electron chi connectivity index (χ0n) is 11.4. The lowest BCUT2D eigenvalue weighted by Crippen LogP contribution is -2.42. The molecule has 0 radical (unpaired) electrons. The van der Waals surface area contributed by atoms with Crippen molar-refractivity contribution in [1.29, 1.82) is 0 Å². The van der Waals surface area contributed by atoms with Crippen LogP contribution < -0.4 is 0 Å². The van der Waals surface area contributed by atoms with Gasteiger partial charge in [-0.25, -0.2) is 0 Å². The van der Waals surface area contributed by atoms with Crippen molar-refractivity contribution in [2.45, 2.75) is 26.7 Å². The maximum absolute atomic E-state index is 9.26. The summed E-state index contributed by atoms with van der Waals surface area (Å²) in [5.41, 5.74) is 0.0500. The van der Waals surface area contributed by atoms with Gasteiger partial charge < -0.3 is 14.9 Å². The first-order chi connectivity index (χ1) is 7.43. The molecule has 0 bridgehead atoms. The monoisotopic (exact) mass is 228 g/mol. The predicted octanol–water partition coefficient (Wildman–Crippen LogP) is 1.28. The molecule has 0 aromatic rings. The van der Waals surface area contributed by atoms with Gasteiger partial charge in [-0.15, -0.1) is 0 Å². The van der Waals surface area contributed by atoms with Crippen LogP contribution in [0.3, 0.4) is 0 Å². The second-order valence-corrected chi connectivity index (χ2v) is 6.30. The molecule has 96 valence electrons. The highest BCUT2D eigenvalue weighted by Gasteiger charge is 2.25. The van der Waals surface area contributed by atoms with Gasteiger partial charge in [-0.2, -0.15) is 0 Å². The molecule has 0 amide bonds. The van der Waals surface area contributed by atoms with Crippen LogP contribution in [-0.2, 0) is 0 Å². The number of aliphatic hydroxyl groups is 1. The van der Waals surface area contributed by atoms with E-state index in [0.717, 1.165) is 12.5 Å². The molecule has 1 aliphatic rings. The van der Waals surface area contributed by atoms with E-state index >= 15 is 0 Å². The molecule has 0 unspecified atom stereocenters. The predicted molar refractivity (Wildman–Crippen MR) is 68.6 cm³/mol. The van der Waals surface area contributed by atoms with Gasteiger partial charge in [0.15, 0.2) is 0 Å². The standard InChI is InChI=1S/C13H28N2O/c1-13(2,11-16)10-15-7-5-12(6-8-15)9-14(3)4/h12,16H,5-11H2,1-4H3. The van der Waals surface area contributed by atoms with E-state index in [2.05, 4.69) is 37.7 Å². The van der Waals surface area contributed by atoms with E-state index in [9.17, 15) is 5.11 Å². The van der Waals surface area contributed by atoms with E-state index in [1.54, 1.807) is 0 Å². The molecule has 3 heteroatoms. The van der Waals surface area contributed by atoms with Crippen molar-refractivity contribution in [3.8, 4) is 0 Å². The summed E-state index contributed by atoms with van der Waals surface area (Å²) in [7, 11) is 4.31. The number of likely N-dealkylation sites (tertiary alicyclic amines) is 1. The Hall–Kier alpha value is -0.120. The van der Waals surface area contributed by atoms with Crippen LogP contribution in [0, 0.1) is 11.3 Å². The third-order valence-electron chi connectivity index (χ3n) is 3.41. The first-order valence-corrected chi connectivity index (χ1v) is 6.41. The van der Waals surface area contributed by atoms with Crippen LogP contribution in [0.1, 0.15) is 26.7 Å². The van der Waals surface area contributed by atoms with Gasteiger partial charge in [-0.05, 0) is 45.9 Å². The molecule has 16 heavy (non-hydrogen) atoms. The number of hydrogen-bond acceptors (Lipinski definition) is 3. The van der Waals surface area contributed by atoms with Crippen molar-refractivity contribution in [1.82, 2.24) is 9.80 Å². The first-order valence-electron chi connectivity index (χ1n) is 6.41. The molecule has 1 fully saturated rings. The van der Waals surface area contributed by atoms with Gasteiger partial charge in [0.2, 0.25) is 0 Å². The minimum absolute atomic E-state index is 0.0500. The number of rotatable bonds is 5. The lowest BCUT2D eigenvalue weighted by molar-refractivity contribution is 0.0774. The van der Waals surface area contributed by atoms with E-state index in [1.807, 2.05) is 0 Å². The fraction of sp³-hybridized carbons (Fsp3) is 1.00. The first kappa shape index (κ1) is 13.9. The topological polar surface area (TPSA) is 26.7 Å². The van der Waals surface area contributed by atoms with Gasteiger partial charge >= 0.3 is 0 Å². The van der Waals surface area contributed by atoms with Gasteiger partial charge in [-0.3, -0.25) is 0 Å². The fourth-order valence-electron chi connectivity index (χ4n) is 2.50. The Labute approximate surface area is 100 Å². The molecule has 1 heterocycles. The zero-order chi connectivity index (χ0) is 12.2. The van der Waals surface area contributed by atoms with Crippen molar-refractivity contribution in [2.75, 3.05) is 46.9 Å². The summed E-state index contributed by atoms with van der Waals surface area (Å²) in [4.78, 5) is 4.79. The molecule has 0 aromatic carbocycles. The molecule has 1 rings (SSSR count). The van der Waals surface area contributed by atoms with Crippen LogP contribution in [0.25, 0.3) is 0 Å². The van der Waals surface area contributed by atoms with Gasteiger partial charge in [-0.1, -0.05) is 13.8 Å². The number of piperidine rings is 1. The molecule has 0 aliphatic carbocycles. The van der Waals surface area contributed by atoms with Crippen molar-refractivity contribution in [2.24, 2.45) is 11.3 Å². The zero-order valence-corrected chi connectivity index (χ0v) is 11.4. The average Bonchev–Trinajstić information content (AvgIpc) is 2.20. The molecular weight excluding hydrogens is 200 g/mol. The maximum atomic E-state index is 9.26. The van der Waals surface area contributed by atoms with E-state index in [4.69, 9.17) is 0 Å². The Morgan fingerprint density at radius 2 is 1.81 bits per heavy atom. The average molecular weight is 228 g/mol. The Kier molecular flexibility index (Phi) is 5.22. The number of hydrogen-bond donors (Lipinski definition) is 1. The van der Waals surface area contributed by atoms with Crippen LogP contribution in [-0.4, -0.2) is 61.8 Å². The van der Waals surface area contributed by atoms with Gasteiger partial charge in [0.05, 0.1) is 0 Å². The number of aliphatic hydroxyl groups excluding tert-OH is 1. The van der Waals surface area contributed by atoms with E-state index < -0.39 is 0 Å². The van der Waals surface area contributed by atoms with Crippen molar-refractivity contribution in [3.63, 3.8) is 0 Å². The fourth-order valence-corrected chi connectivity index (χ4v) is 2.50. The van der Waals surface area contributed by atoms with E-state index in [1.165, 1.54) is 32.5 Å². The Balaban J connectivity index is 2.27. The van der Waals surface area contributed by atoms with Crippen LogP contribution in [0.5, 0.6) is 0 Å². The third-order valence-corrected chi connectivity index (χ3v) is 3.41. The summed E-state index contributed by atoms with van der Waals surface area (Å²) in [5.74, 6) is 0.864. The Bertz CT molecular complexity index is 196. The number of nitrogens with zero attached hydrogens (tertiary/aromatic N) is 2. The second kappa shape index (κ2) is 5.99.